The predicted octanol–water partition coefficient (Wildman–Crippen LogP) is 7.26. The van der Waals surface area contributed by atoms with Gasteiger partial charge in [-0.25, -0.2) is 4.98 Å². The zero-order valence-electron chi connectivity index (χ0n) is 14.1. The third kappa shape index (κ3) is 3.71. The van der Waals surface area contributed by atoms with E-state index in [1.165, 1.54) is 6.07 Å². The second-order valence-electron chi connectivity index (χ2n) is 6.07. The number of H-pyrrole nitrogens is 1. The first kappa shape index (κ1) is 21.5. The predicted molar refractivity (Wildman–Crippen MR) is 92.3 cm³/mol. The number of halogens is 9. The third-order valence-electron chi connectivity index (χ3n) is 3.89. The Hall–Kier alpha value is -2.20. The van der Waals surface area contributed by atoms with Gasteiger partial charge in [0.1, 0.15) is 11.5 Å². The van der Waals surface area contributed by atoms with Crippen molar-refractivity contribution in [2.24, 2.45) is 0 Å². The van der Waals surface area contributed by atoms with E-state index in [0.717, 1.165) is 17.7 Å². The monoisotopic (exact) mass is 460 g/mol. The fourth-order valence-electron chi connectivity index (χ4n) is 2.37. The van der Waals surface area contributed by atoms with Gasteiger partial charge in [-0.1, -0.05) is 29.3 Å². The summed E-state index contributed by atoms with van der Waals surface area (Å²) in [7, 11) is 0. The van der Waals surface area contributed by atoms with Crippen molar-refractivity contribution >= 4 is 34.2 Å². The highest BCUT2D eigenvalue weighted by molar-refractivity contribution is 6.33. The van der Waals surface area contributed by atoms with Gasteiger partial charge in [0.2, 0.25) is 0 Å². The highest BCUT2D eigenvalue weighted by Gasteiger charge is 2.74. The number of hydrogen-bond acceptors (Lipinski definition) is 2. The smallest absolute Gasteiger partial charge is 0.454 e. The summed E-state index contributed by atoms with van der Waals surface area (Å²) in [6.07, 6.45) is -6.48. The summed E-state index contributed by atoms with van der Waals surface area (Å²) in [6, 6.07) is 6.77. The molecule has 0 atom stereocenters. The fourth-order valence-corrected chi connectivity index (χ4v) is 2.85. The Bertz CT molecular complexity index is 1080. The number of hydrogen-bond donors (Lipinski definition) is 1. The molecule has 0 amide bonds. The summed E-state index contributed by atoms with van der Waals surface area (Å²) in [5.74, 6) is -13.8. The van der Waals surface area contributed by atoms with Crippen molar-refractivity contribution in [1.82, 2.24) is 9.97 Å². The molecule has 1 N–H and O–H groups in total. The van der Waals surface area contributed by atoms with E-state index < -0.39 is 23.8 Å². The van der Waals surface area contributed by atoms with Crippen molar-refractivity contribution in [3.63, 3.8) is 0 Å². The first-order valence-corrected chi connectivity index (χ1v) is 8.45. The van der Waals surface area contributed by atoms with E-state index in [0.29, 0.717) is 0 Å². The number of alkyl halides is 7. The average Bonchev–Trinajstić information content (AvgIpc) is 2.99. The van der Waals surface area contributed by atoms with Crippen LogP contribution < -0.4 is 4.74 Å². The van der Waals surface area contributed by atoms with Gasteiger partial charge in [-0.3, -0.25) is 0 Å². The molecule has 3 aromatic rings. The van der Waals surface area contributed by atoms with Gasteiger partial charge in [0, 0.05) is 6.07 Å². The number of aromatic nitrogens is 2. The van der Waals surface area contributed by atoms with Crippen LogP contribution in [0.5, 0.6) is 11.5 Å². The molecule has 0 radical (unpaired) electrons. The second-order valence-corrected chi connectivity index (χ2v) is 6.88. The largest absolute Gasteiger partial charge is 0.460 e. The Balaban J connectivity index is 2.03. The number of fused-ring (bicyclic) bond motifs is 1. The van der Waals surface area contributed by atoms with E-state index in [1.54, 1.807) is 24.0 Å². The van der Waals surface area contributed by atoms with E-state index >= 15 is 0 Å². The number of ether oxygens (including phenoxy) is 1. The number of aryl methyl sites for hydroxylation is 1. The van der Waals surface area contributed by atoms with E-state index in [2.05, 4.69) is 4.98 Å². The van der Waals surface area contributed by atoms with Crippen molar-refractivity contribution in [1.29, 1.82) is 0 Å². The molecule has 0 saturated carbocycles. The van der Waals surface area contributed by atoms with E-state index in [-0.39, 0.29) is 32.6 Å². The average molecular weight is 461 g/mol. The van der Waals surface area contributed by atoms with Crippen LogP contribution in [0.2, 0.25) is 10.0 Å². The summed E-state index contributed by atoms with van der Waals surface area (Å²) in [5, 5.41) is 0.0653. The van der Waals surface area contributed by atoms with E-state index in [9.17, 15) is 30.7 Å². The normalized spacial score (nSPS) is 13.2. The Morgan fingerprint density at radius 3 is 2.10 bits per heavy atom. The molecule has 0 fully saturated rings. The number of aromatic amines is 1. The van der Waals surface area contributed by atoms with Crippen molar-refractivity contribution in [3.8, 4) is 11.5 Å². The molecule has 29 heavy (non-hydrogen) atoms. The number of imidazole rings is 1. The summed E-state index contributed by atoms with van der Waals surface area (Å²) in [5.41, 5.74) is 0.180. The topological polar surface area (TPSA) is 37.9 Å². The lowest BCUT2D eigenvalue weighted by molar-refractivity contribution is -0.361. The molecule has 0 aliphatic rings. The highest BCUT2D eigenvalue weighted by atomic mass is 35.5. The molecule has 0 bridgehead atoms. The van der Waals surface area contributed by atoms with Gasteiger partial charge >= 0.3 is 18.0 Å². The lowest BCUT2D eigenvalue weighted by Gasteiger charge is -2.26. The maximum Gasteiger partial charge on any atom is 0.460 e. The van der Waals surface area contributed by atoms with Gasteiger partial charge in [-0.05, 0) is 30.7 Å². The molecule has 1 aromatic heterocycles. The molecule has 0 aliphatic carbocycles. The van der Waals surface area contributed by atoms with Crippen molar-refractivity contribution in [3.05, 3.63) is 51.8 Å². The summed E-state index contributed by atoms with van der Waals surface area (Å²) < 4.78 is 96.8. The molecule has 0 spiro atoms. The van der Waals surface area contributed by atoms with Gasteiger partial charge in [0.15, 0.2) is 5.82 Å². The SMILES string of the molecule is Cc1ccc(Oc2cc3nc(C(F)(F)C(F)(F)C(F)(F)F)[nH]c3cc2Cl)c(Cl)c1. The lowest BCUT2D eigenvalue weighted by atomic mass is 10.1. The number of nitrogens with one attached hydrogen (secondary N) is 1. The van der Waals surface area contributed by atoms with Crippen LogP contribution in [0.1, 0.15) is 11.4 Å². The van der Waals surface area contributed by atoms with Gasteiger partial charge in [-0.15, -0.1) is 0 Å². The molecule has 0 aliphatic heterocycles. The van der Waals surface area contributed by atoms with Crippen LogP contribution >= 0.6 is 23.2 Å². The maximum absolute atomic E-state index is 13.9. The number of nitrogens with zero attached hydrogens (tertiary/aromatic N) is 1. The van der Waals surface area contributed by atoms with Crippen molar-refractivity contribution in [2.45, 2.75) is 24.9 Å². The van der Waals surface area contributed by atoms with E-state index in [4.69, 9.17) is 27.9 Å². The van der Waals surface area contributed by atoms with Gasteiger partial charge in [0.25, 0.3) is 0 Å². The van der Waals surface area contributed by atoms with Crippen LogP contribution in [0.4, 0.5) is 30.7 Å². The molecule has 2 aromatic carbocycles. The highest BCUT2D eigenvalue weighted by Crippen LogP contribution is 2.51. The first-order valence-electron chi connectivity index (χ1n) is 7.70. The van der Waals surface area contributed by atoms with Crippen molar-refractivity contribution in [2.75, 3.05) is 0 Å². The zero-order valence-corrected chi connectivity index (χ0v) is 15.7. The molecular weight excluding hydrogens is 452 g/mol. The van der Waals surface area contributed by atoms with Crippen molar-refractivity contribution < 1.29 is 35.5 Å². The summed E-state index contributed by atoms with van der Waals surface area (Å²) in [6.45, 7) is 1.77. The minimum atomic E-state index is -6.48. The number of benzene rings is 2. The Labute approximate surface area is 168 Å². The van der Waals surface area contributed by atoms with Gasteiger partial charge in [0.05, 0.1) is 21.1 Å². The molecule has 156 valence electrons. The number of rotatable bonds is 4. The molecule has 1 heterocycles. The molecular formula is C17H9Cl2F7N2O. The van der Waals surface area contributed by atoms with Crippen LogP contribution in [-0.2, 0) is 5.92 Å². The molecule has 3 rings (SSSR count). The van der Waals surface area contributed by atoms with Crippen LogP contribution in [0, 0.1) is 6.92 Å². The quantitative estimate of drug-likeness (QED) is 0.416. The Morgan fingerprint density at radius 2 is 1.52 bits per heavy atom. The zero-order chi connectivity index (χ0) is 21.8. The van der Waals surface area contributed by atoms with Gasteiger partial charge < -0.3 is 9.72 Å². The van der Waals surface area contributed by atoms with Gasteiger partial charge in [-0.2, -0.15) is 30.7 Å². The standard InChI is InChI=1S/C17H9Cl2F7N2O/c1-7-2-3-12(8(18)4-7)29-13-6-11-10(5-9(13)19)27-14(28-11)15(20,21)16(22,23)17(24,25)26/h2-6H,1H3,(H,27,28). The van der Waals surface area contributed by atoms with Crippen LogP contribution in [0.3, 0.4) is 0 Å². The van der Waals surface area contributed by atoms with Crippen LogP contribution in [0.15, 0.2) is 30.3 Å². The molecule has 0 saturated heterocycles. The second kappa shape index (κ2) is 6.94. The van der Waals surface area contributed by atoms with Crippen LogP contribution in [-0.4, -0.2) is 22.1 Å². The lowest BCUT2D eigenvalue weighted by Crippen LogP contribution is -2.50. The summed E-state index contributed by atoms with van der Waals surface area (Å²) >= 11 is 12.0. The Kier molecular flexibility index (Phi) is 5.15. The third-order valence-corrected chi connectivity index (χ3v) is 4.48. The Morgan fingerprint density at radius 1 is 0.897 bits per heavy atom. The van der Waals surface area contributed by atoms with E-state index in [1.807, 2.05) is 0 Å². The minimum Gasteiger partial charge on any atom is -0.454 e. The minimum absolute atomic E-state index is 0.117. The molecule has 3 nitrogen and oxygen atoms in total. The summed E-state index contributed by atoms with van der Waals surface area (Å²) in [4.78, 5) is 4.94. The molecule has 0 unspecified atom stereocenters. The first-order chi connectivity index (χ1) is 13.2. The fraction of sp³-hybridized carbons (Fsp3) is 0.235. The van der Waals surface area contributed by atoms with Crippen LogP contribution in [0.25, 0.3) is 11.0 Å². The molecule has 12 heteroatoms. The maximum atomic E-state index is 13.9.